The van der Waals surface area contributed by atoms with E-state index < -0.39 is 0 Å². The maximum Gasteiger partial charge on any atom is 0.167 e. The van der Waals surface area contributed by atoms with Crippen LogP contribution in [0, 0.1) is 13.8 Å². The van der Waals surface area contributed by atoms with Gasteiger partial charge in [0.15, 0.2) is 5.76 Å². The van der Waals surface area contributed by atoms with Crippen LogP contribution >= 0.6 is 11.6 Å². The largest absolute Gasteiger partial charge is 0.356 e. The molecule has 21 heavy (non-hydrogen) atoms. The van der Waals surface area contributed by atoms with E-state index in [2.05, 4.69) is 31.1 Å². The molecule has 0 aliphatic rings. The van der Waals surface area contributed by atoms with E-state index in [4.69, 9.17) is 16.1 Å². The molecule has 1 atom stereocenters. The van der Waals surface area contributed by atoms with E-state index in [1.54, 1.807) is 0 Å². The van der Waals surface area contributed by atoms with Crippen LogP contribution in [0.1, 0.15) is 27.8 Å². The van der Waals surface area contributed by atoms with Crippen LogP contribution in [-0.4, -0.2) is 5.16 Å². The quantitative estimate of drug-likeness (QED) is 0.614. The van der Waals surface area contributed by atoms with Crippen LogP contribution in [0.25, 0.3) is 11.3 Å². The standard InChI is InChI=1S/C18H16ClNO/c1-12-3-7-14(8-4-12)17-11-16(20-21-17)18(19)15-9-5-13(2)6-10-15/h3-11,18H,1-2H3. The van der Waals surface area contributed by atoms with Gasteiger partial charge in [-0.15, -0.1) is 11.6 Å². The first-order chi connectivity index (χ1) is 10.1. The Morgan fingerprint density at radius 2 is 1.48 bits per heavy atom. The van der Waals surface area contributed by atoms with Gasteiger partial charge in [0, 0.05) is 11.6 Å². The zero-order valence-electron chi connectivity index (χ0n) is 12.0. The zero-order chi connectivity index (χ0) is 14.8. The Labute approximate surface area is 129 Å². The summed E-state index contributed by atoms with van der Waals surface area (Å²) >= 11 is 6.49. The smallest absolute Gasteiger partial charge is 0.167 e. The van der Waals surface area contributed by atoms with Gasteiger partial charge in [-0.2, -0.15) is 0 Å². The van der Waals surface area contributed by atoms with Crippen molar-refractivity contribution in [3.05, 3.63) is 77.0 Å². The van der Waals surface area contributed by atoms with Crippen LogP contribution in [0.5, 0.6) is 0 Å². The molecule has 0 amide bonds. The van der Waals surface area contributed by atoms with Crippen LogP contribution in [0.4, 0.5) is 0 Å². The maximum absolute atomic E-state index is 6.49. The van der Waals surface area contributed by atoms with E-state index in [-0.39, 0.29) is 5.38 Å². The Balaban J connectivity index is 1.87. The van der Waals surface area contributed by atoms with Gasteiger partial charge in [-0.1, -0.05) is 64.8 Å². The normalized spacial score (nSPS) is 12.3. The minimum atomic E-state index is -0.298. The lowest BCUT2D eigenvalue weighted by Gasteiger charge is -2.05. The van der Waals surface area contributed by atoms with Gasteiger partial charge in [0.05, 0.1) is 0 Å². The summed E-state index contributed by atoms with van der Waals surface area (Å²) < 4.78 is 5.42. The highest BCUT2D eigenvalue weighted by Crippen LogP contribution is 2.31. The van der Waals surface area contributed by atoms with Crippen LogP contribution in [0.15, 0.2) is 59.1 Å². The van der Waals surface area contributed by atoms with Crippen LogP contribution < -0.4 is 0 Å². The average Bonchev–Trinajstić information content (AvgIpc) is 2.98. The molecule has 3 aromatic rings. The third-order valence-electron chi connectivity index (χ3n) is 3.49. The van der Waals surface area contributed by atoms with Crippen molar-refractivity contribution < 1.29 is 4.52 Å². The molecule has 0 spiro atoms. The summed E-state index contributed by atoms with van der Waals surface area (Å²) in [6.07, 6.45) is 0. The third-order valence-corrected chi connectivity index (χ3v) is 3.97. The number of alkyl halides is 1. The second-order valence-electron chi connectivity index (χ2n) is 5.26. The predicted octanol–water partition coefficient (Wildman–Crippen LogP) is 5.29. The van der Waals surface area contributed by atoms with Crippen molar-refractivity contribution in [3.63, 3.8) is 0 Å². The van der Waals surface area contributed by atoms with Crippen molar-refractivity contribution in [3.8, 4) is 11.3 Å². The van der Waals surface area contributed by atoms with Gasteiger partial charge in [-0.05, 0) is 19.4 Å². The first-order valence-corrected chi connectivity index (χ1v) is 7.31. The molecule has 0 fully saturated rings. The second kappa shape index (κ2) is 5.74. The summed E-state index contributed by atoms with van der Waals surface area (Å²) in [5, 5.41) is 3.81. The van der Waals surface area contributed by atoms with E-state index in [1.807, 2.05) is 42.5 Å². The maximum atomic E-state index is 6.49. The van der Waals surface area contributed by atoms with Gasteiger partial charge in [0.2, 0.25) is 0 Å². The topological polar surface area (TPSA) is 26.0 Å². The first-order valence-electron chi connectivity index (χ1n) is 6.88. The Kier molecular flexibility index (Phi) is 3.80. The summed E-state index contributed by atoms with van der Waals surface area (Å²) in [5.74, 6) is 0.739. The number of halogens is 1. The Hall–Kier alpha value is -2.06. The van der Waals surface area contributed by atoms with Crippen molar-refractivity contribution >= 4 is 11.6 Å². The van der Waals surface area contributed by atoms with E-state index in [0.717, 1.165) is 22.6 Å². The number of hydrogen-bond donors (Lipinski definition) is 0. The minimum absolute atomic E-state index is 0.298. The molecule has 2 nitrogen and oxygen atoms in total. The van der Waals surface area contributed by atoms with Gasteiger partial charge in [0.1, 0.15) is 11.1 Å². The number of nitrogens with zero attached hydrogens (tertiary/aromatic N) is 1. The van der Waals surface area contributed by atoms with E-state index in [0.29, 0.717) is 0 Å². The van der Waals surface area contributed by atoms with Crippen molar-refractivity contribution in [1.29, 1.82) is 0 Å². The molecular weight excluding hydrogens is 282 g/mol. The number of aryl methyl sites for hydroxylation is 2. The Morgan fingerprint density at radius 1 is 0.905 bits per heavy atom. The molecule has 106 valence electrons. The Bertz CT molecular complexity index is 729. The molecular formula is C18H16ClNO. The average molecular weight is 298 g/mol. The van der Waals surface area contributed by atoms with Crippen LogP contribution in [0.2, 0.25) is 0 Å². The highest BCUT2D eigenvalue weighted by atomic mass is 35.5. The van der Waals surface area contributed by atoms with Crippen molar-refractivity contribution in [1.82, 2.24) is 5.16 Å². The van der Waals surface area contributed by atoms with Gasteiger partial charge >= 0.3 is 0 Å². The van der Waals surface area contributed by atoms with Gasteiger partial charge in [0.25, 0.3) is 0 Å². The van der Waals surface area contributed by atoms with Crippen LogP contribution in [0.3, 0.4) is 0 Å². The van der Waals surface area contributed by atoms with Crippen molar-refractivity contribution in [2.45, 2.75) is 19.2 Å². The molecule has 0 saturated carbocycles. The summed E-state index contributed by atoms with van der Waals surface area (Å²) in [7, 11) is 0. The molecule has 0 aliphatic carbocycles. The third kappa shape index (κ3) is 3.01. The van der Waals surface area contributed by atoms with Crippen molar-refractivity contribution in [2.75, 3.05) is 0 Å². The monoisotopic (exact) mass is 297 g/mol. The highest BCUT2D eigenvalue weighted by Gasteiger charge is 2.16. The second-order valence-corrected chi connectivity index (χ2v) is 5.69. The van der Waals surface area contributed by atoms with E-state index in [1.165, 1.54) is 11.1 Å². The molecule has 3 rings (SSSR count). The summed E-state index contributed by atoms with van der Waals surface area (Å²) in [6.45, 7) is 4.11. The molecule has 1 heterocycles. The Morgan fingerprint density at radius 3 is 2.10 bits per heavy atom. The molecule has 2 aromatic carbocycles. The van der Waals surface area contributed by atoms with E-state index >= 15 is 0 Å². The molecule has 0 N–H and O–H groups in total. The molecule has 3 heteroatoms. The SMILES string of the molecule is Cc1ccc(-c2cc(C(Cl)c3ccc(C)cc3)no2)cc1. The van der Waals surface area contributed by atoms with Crippen LogP contribution in [-0.2, 0) is 0 Å². The lowest BCUT2D eigenvalue weighted by atomic mass is 10.1. The fourth-order valence-electron chi connectivity index (χ4n) is 2.17. The molecule has 0 aliphatic heterocycles. The number of benzene rings is 2. The number of aromatic nitrogens is 1. The lowest BCUT2D eigenvalue weighted by Crippen LogP contribution is -1.93. The molecule has 1 aromatic heterocycles. The fraction of sp³-hybridized carbons (Fsp3) is 0.167. The summed E-state index contributed by atoms with van der Waals surface area (Å²) in [5.41, 5.74) is 5.19. The fourth-order valence-corrected chi connectivity index (χ4v) is 2.42. The lowest BCUT2D eigenvalue weighted by molar-refractivity contribution is 0.424. The molecule has 0 radical (unpaired) electrons. The van der Waals surface area contributed by atoms with Gasteiger partial charge < -0.3 is 4.52 Å². The molecule has 0 bridgehead atoms. The number of hydrogen-bond acceptors (Lipinski definition) is 2. The van der Waals surface area contributed by atoms with E-state index in [9.17, 15) is 0 Å². The molecule has 0 saturated heterocycles. The predicted molar refractivity (Wildman–Crippen MR) is 85.6 cm³/mol. The summed E-state index contributed by atoms with van der Waals surface area (Å²) in [4.78, 5) is 0. The number of rotatable bonds is 3. The van der Waals surface area contributed by atoms with Crippen molar-refractivity contribution in [2.24, 2.45) is 0 Å². The zero-order valence-corrected chi connectivity index (χ0v) is 12.8. The minimum Gasteiger partial charge on any atom is -0.356 e. The molecule has 1 unspecified atom stereocenters. The summed E-state index contributed by atoms with van der Waals surface area (Å²) in [6, 6.07) is 18.2. The van der Waals surface area contributed by atoms with Gasteiger partial charge in [-0.3, -0.25) is 0 Å². The van der Waals surface area contributed by atoms with Gasteiger partial charge in [-0.25, -0.2) is 0 Å². The first kappa shape index (κ1) is 13.9. The highest BCUT2D eigenvalue weighted by molar-refractivity contribution is 6.22.